The molecule has 0 saturated heterocycles. The van der Waals surface area contributed by atoms with E-state index in [1.54, 1.807) is 18.2 Å². The molecule has 0 radical (unpaired) electrons. The van der Waals surface area contributed by atoms with Crippen LogP contribution in [-0.2, 0) is 0 Å². The minimum atomic E-state index is -1.36. The summed E-state index contributed by atoms with van der Waals surface area (Å²) in [5.74, 6) is -1.24. The highest BCUT2D eigenvalue weighted by Crippen LogP contribution is 2.31. The molecule has 3 nitrogen and oxygen atoms in total. The average molecular weight is 256 g/mol. The van der Waals surface area contributed by atoms with Gasteiger partial charge >= 0.3 is 0 Å². The van der Waals surface area contributed by atoms with Crippen LogP contribution in [0.4, 0.5) is 0 Å². The Balaban J connectivity index is 2.46. The molecule has 0 spiro atoms. The van der Waals surface area contributed by atoms with E-state index in [0.717, 1.165) is 0 Å². The quantitative estimate of drug-likeness (QED) is 0.829. The highest BCUT2D eigenvalue weighted by Gasteiger charge is 2.09. The molecule has 1 heterocycles. The van der Waals surface area contributed by atoms with Gasteiger partial charge in [-0.2, -0.15) is 0 Å². The first-order valence-electron chi connectivity index (χ1n) is 4.34. The maximum absolute atomic E-state index is 10.5. The average Bonchev–Trinajstić information content (AvgIpc) is 2.66. The fourth-order valence-electron chi connectivity index (χ4n) is 1.28. The predicted molar refractivity (Wildman–Crippen MR) is 58.5 cm³/mol. The Labute approximate surface area is 101 Å². The number of carboxylic acid groups (broad SMARTS) is 1. The van der Waals surface area contributed by atoms with Gasteiger partial charge in [0.2, 0.25) is 0 Å². The molecule has 2 aromatic rings. The summed E-state index contributed by atoms with van der Waals surface area (Å²) in [5, 5.41) is 11.4. The number of rotatable bonds is 2. The van der Waals surface area contributed by atoms with E-state index < -0.39 is 5.97 Å². The number of benzene rings is 1. The Morgan fingerprint density at radius 3 is 2.50 bits per heavy atom. The van der Waals surface area contributed by atoms with Crippen LogP contribution in [0.25, 0.3) is 11.3 Å². The first-order valence-corrected chi connectivity index (χ1v) is 5.10. The van der Waals surface area contributed by atoms with Gasteiger partial charge in [0.25, 0.3) is 0 Å². The number of carboxylic acids is 1. The Hall–Kier alpha value is -1.45. The summed E-state index contributed by atoms with van der Waals surface area (Å²) in [5.41, 5.74) is 0.582. The van der Waals surface area contributed by atoms with Crippen LogP contribution in [0.1, 0.15) is 10.6 Å². The lowest BCUT2D eigenvalue weighted by Crippen LogP contribution is -2.21. The predicted octanol–water partition coefficient (Wildman–Crippen LogP) is 2.62. The summed E-state index contributed by atoms with van der Waals surface area (Å²) in [7, 11) is 0. The van der Waals surface area contributed by atoms with Crippen molar-refractivity contribution in [1.82, 2.24) is 0 Å². The van der Waals surface area contributed by atoms with Crippen molar-refractivity contribution >= 4 is 29.2 Å². The van der Waals surface area contributed by atoms with Crippen molar-refractivity contribution in [2.24, 2.45) is 0 Å². The number of hydrogen-bond acceptors (Lipinski definition) is 3. The van der Waals surface area contributed by atoms with E-state index in [1.807, 2.05) is 0 Å². The third-order valence-corrected chi connectivity index (χ3v) is 2.55. The maximum Gasteiger partial charge on any atom is 0.150 e. The van der Waals surface area contributed by atoms with Gasteiger partial charge in [-0.05, 0) is 30.3 Å². The third-order valence-electron chi connectivity index (χ3n) is 2.00. The van der Waals surface area contributed by atoms with Crippen LogP contribution in [0.15, 0.2) is 34.7 Å². The monoisotopic (exact) mass is 255 g/mol. The summed E-state index contributed by atoms with van der Waals surface area (Å²) in [6, 6.07) is 7.68. The number of furan rings is 1. The minimum Gasteiger partial charge on any atom is -0.542 e. The van der Waals surface area contributed by atoms with E-state index in [2.05, 4.69) is 0 Å². The van der Waals surface area contributed by atoms with Gasteiger partial charge in [0.15, 0.2) is 0 Å². The van der Waals surface area contributed by atoms with Gasteiger partial charge in [-0.3, -0.25) is 0 Å². The molecular weight excluding hydrogens is 251 g/mol. The normalized spacial score (nSPS) is 10.4. The van der Waals surface area contributed by atoms with Crippen LogP contribution in [0, 0.1) is 0 Å². The third kappa shape index (κ3) is 2.05. The summed E-state index contributed by atoms with van der Waals surface area (Å²) in [6.07, 6.45) is 0. The molecule has 1 aromatic carbocycles. The van der Waals surface area contributed by atoms with E-state index >= 15 is 0 Å². The van der Waals surface area contributed by atoms with Crippen molar-refractivity contribution in [3.63, 3.8) is 0 Å². The van der Waals surface area contributed by atoms with Crippen molar-refractivity contribution in [2.45, 2.75) is 0 Å². The van der Waals surface area contributed by atoms with Crippen LogP contribution in [0.3, 0.4) is 0 Å². The number of halogens is 2. The highest BCUT2D eigenvalue weighted by molar-refractivity contribution is 6.36. The summed E-state index contributed by atoms with van der Waals surface area (Å²) >= 11 is 11.7. The molecule has 0 aliphatic heterocycles. The van der Waals surface area contributed by atoms with E-state index in [4.69, 9.17) is 27.6 Å². The lowest BCUT2D eigenvalue weighted by Gasteiger charge is -2.01. The molecule has 0 amide bonds. The lowest BCUT2D eigenvalue weighted by atomic mass is 10.2. The molecule has 0 unspecified atom stereocenters. The molecule has 82 valence electrons. The van der Waals surface area contributed by atoms with Crippen molar-refractivity contribution in [1.29, 1.82) is 0 Å². The molecule has 0 N–H and O–H groups in total. The zero-order valence-electron chi connectivity index (χ0n) is 7.87. The first-order chi connectivity index (χ1) is 7.58. The number of carbonyl (C=O) groups is 1. The Bertz CT molecular complexity index is 546. The van der Waals surface area contributed by atoms with Gasteiger partial charge in [0.1, 0.15) is 17.5 Å². The van der Waals surface area contributed by atoms with Gasteiger partial charge in [-0.25, -0.2) is 0 Å². The first kappa shape index (κ1) is 11.0. The van der Waals surface area contributed by atoms with Crippen LogP contribution in [0.2, 0.25) is 10.0 Å². The van der Waals surface area contributed by atoms with Crippen LogP contribution in [0.5, 0.6) is 0 Å². The summed E-state index contributed by atoms with van der Waals surface area (Å²) in [4.78, 5) is 10.5. The molecule has 0 fully saturated rings. The second-order valence-electron chi connectivity index (χ2n) is 3.08. The number of carbonyl (C=O) groups excluding carboxylic acids is 1. The van der Waals surface area contributed by atoms with Crippen molar-refractivity contribution in [2.75, 3.05) is 0 Å². The molecule has 0 aliphatic rings. The van der Waals surface area contributed by atoms with E-state index in [0.29, 0.717) is 21.4 Å². The molecule has 0 bridgehead atoms. The molecule has 0 aliphatic carbocycles. The molecule has 16 heavy (non-hydrogen) atoms. The standard InChI is InChI=1S/C11H6Cl2O3/c12-6-1-2-7(8(13)5-6)9-3-4-10(16-9)11(14)15/h1-5H,(H,14,15)/p-1. The lowest BCUT2D eigenvalue weighted by molar-refractivity contribution is -0.257. The zero-order chi connectivity index (χ0) is 11.7. The van der Waals surface area contributed by atoms with Crippen LogP contribution < -0.4 is 5.11 Å². The van der Waals surface area contributed by atoms with Crippen LogP contribution >= 0.6 is 23.2 Å². The number of aromatic carboxylic acids is 1. The maximum atomic E-state index is 10.5. The second-order valence-corrected chi connectivity index (χ2v) is 3.92. The molecule has 0 saturated carbocycles. The van der Waals surface area contributed by atoms with Crippen molar-refractivity contribution in [3.05, 3.63) is 46.1 Å². The fourth-order valence-corrected chi connectivity index (χ4v) is 1.78. The zero-order valence-corrected chi connectivity index (χ0v) is 9.38. The SMILES string of the molecule is O=C([O-])c1ccc(-c2ccc(Cl)cc2Cl)o1. The molecule has 0 atom stereocenters. The molecule has 5 heteroatoms. The van der Waals surface area contributed by atoms with Gasteiger partial charge in [-0.15, -0.1) is 0 Å². The number of hydrogen-bond donors (Lipinski definition) is 0. The highest BCUT2D eigenvalue weighted by atomic mass is 35.5. The Morgan fingerprint density at radius 2 is 1.94 bits per heavy atom. The van der Waals surface area contributed by atoms with E-state index in [-0.39, 0.29) is 5.76 Å². The second kappa shape index (κ2) is 4.20. The Morgan fingerprint density at radius 1 is 1.19 bits per heavy atom. The van der Waals surface area contributed by atoms with Gasteiger partial charge in [0, 0.05) is 10.6 Å². The van der Waals surface area contributed by atoms with Crippen LogP contribution in [-0.4, -0.2) is 5.97 Å². The smallest absolute Gasteiger partial charge is 0.150 e. The van der Waals surface area contributed by atoms with E-state index in [9.17, 15) is 9.90 Å². The largest absolute Gasteiger partial charge is 0.542 e. The van der Waals surface area contributed by atoms with Crippen molar-refractivity contribution < 1.29 is 14.3 Å². The molecule has 1 aromatic heterocycles. The topological polar surface area (TPSA) is 53.3 Å². The van der Waals surface area contributed by atoms with Gasteiger partial charge in [-0.1, -0.05) is 23.2 Å². The van der Waals surface area contributed by atoms with E-state index in [1.165, 1.54) is 12.1 Å². The summed E-state index contributed by atoms with van der Waals surface area (Å²) in [6.45, 7) is 0. The molecule has 2 rings (SSSR count). The fraction of sp³-hybridized carbons (Fsp3) is 0. The van der Waals surface area contributed by atoms with Gasteiger partial charge in [0.05, 0.1) is 5.02 Å². The summed E-state index contributed by atoms with van der Waals surface area (Å²) < 4.78 is 5.06. The van der Waals surface area contributed by atoms with Gasteiger partial charge < -0.3 is 14.3 Å². The minimum absolute atomic E-state index is 0.235. The van der Waals surface area contributed by atoms with Crippen molar-refractivity contribution in [3.8, 4) is 11.3 Å². The molecular formula is C11H5Cl2O3-. The Kier molecular flexibility index (Phi) is 2.90.